The number of morpholine rings is 1. The van der Waals surface area contributed by atoms with E-state index >= 15 is 0 Å². The topological polar surface area (TPSA) is 73.1 Å². The zero-order chi connectivity index (χ0) is 21.0. The fourth-order valence-corrected chi connectivity index (χ4v) is 4.82. The number of carbonyl (C=O) groups is 1. The highest BCUT2D eigenvalue weighted by atomic mass is 35.5. The molecule has 2 aliphatic rings. The maximum Gasteiger partial charge on any atom is 0.417 e. The van der Waals surface area contributed by atoms with Crippen LogP contribution in [0.1, 0.15) is 27.8 Å². The number of hydrogen-bond donors (Lipinski definition) is 0. The Labute approximate surface area is 177 Å². The number of rotatable bonds is 2. The third kappa shape index (κ3) is 2.99. The van der Waals surface area contributed by atoms with E-state index in [9.17, 15) is 18.0 Å². The summed E-state index contributed by atoms with van der Waals surface area (Å²) in [6, 6.07) is 2.36. The van der Waals surface area contributed by atoms with Crippen LogP contribution in [0.2, 0.25) is 5.02 Å². The molecule has 0 saturated carbocycles. The van der Waals surface area contributed by atoms with Crippen molar-refractivity contribution in [2.75, 3.05) is 13.2 Å². The van der Waals surface area contributed by atoms with E-state index in [2.05, 4.69) is 15.2 Å². The fraction of sp³-hybridized carbons (Fsp3) is 0.333. The molecule has 2 aromatic heterocycles. The predicted octanol–water partition coefficient (Wildman–Crippen LogP) is 3.67. The van der Waals surface area contributed by atoms with E-state index in [-0.39, 0.29) is 18.8 Å². The summed E-state index contributed by atoms with van der Waals surface area (Å²) in [5, 5.41) is 10.4. The Hall–Kier alpha value is -2.50. The predicted molar refractivity (Wildman–Crippen MR) is 101 cm³/mol. The molecule has 1 amide bonds. The Morgan fingerprint density at radius 2 is 2.10 bits per heavy atom. The van der Waals surface area contributed by atoms with Crippen molar-refractivity contribution in [1.82, 2.24) is 24.6 Å². The van der Waals surface area contributed by atoms with Gasteiger partial charge in [0.15, 0.2) is 16.7 Å². The van der Waals surface area contributed by atoms with E-state index in [1.807, 2.05) is 9.95 Å². The molecule has 5 rings (SSSR count). The average Bonchev–Trinajstić information content (AvgIpc) is 3.35. The molecule has 0 N–H and O–H groups in total. The minimum atomic E-state index is -4.66. The van der Waals surface area contributed by atoms with Crippen molar-refractivity contribution in [2.45, 2.75) is 24.8 Å². The van der Waals surface area contributed by atoms with Crippen molar-refractivity contribution in [3.8, 4) is 10.8 Å². The first-order chi connectivity index (χ1) is 14.4. The number of fused-ring (bicyclic) bond motifs is 4. The van der Waals surface area contributed by atoms with Gasteiger partial charge in [0, 0.05) is 18.1 Å². The molecule has 2 unspecified atom stereocenters. The summed E-state index contributed by atoms with van der Waals surface area (Å²) in [6.07, 6.45) is -2.99. The maximum atomic E-state index is 13.3. The van der Waals surface area contributed by atoms with Gasteiger partial charge < -0.3 is 14.2 Å². The van der Waals surface area contributed by atoms with Gasteiger partial charge in [0.05, 0.1) is 35.4 Å². The summed E-state index contributed by atoms with van der Waals surface area (Å²) < 4.78 is 47.2. The average molecular weight is 456 g/mol. The molecule has 30 heavy (non-hydrogen) atoms. The minimum absolute atomic E-state index is 0.162. The summed E-state index contributed by atoms with van der Waals surface area (Å²) in [4.78, 5) is 19.1. The first kappa shape index (κ1) is 19.5. The Balaban J connectivity index is 1.55. The fourth-order valence-electron chi connectivity index (χ4n) is 3.88. The smallest absolute Gasteiger partial charge is 0.377 e. The normalized spacial score (nSPS) is 20.9. The maximum absolute atomic E-state index is 13.3. The van der Waals surface area contributed by atoms with Gasteiger partial charge in [-0.05, 0) is 12.1 Å². The molecular formula is C18H13ClF3N5O2S. The standard InChI is InChI=1S/C18H13ClF3N5O2S/c19-13-10(2-1-3-11(13)18(20,21)22)17(28)27-9-6-26-14(12(27)8-29-7-9)24-25-15(26)16-23-4-5-30-16/h1-5,9,12H,6-8H2. The highest BCUT2D eigenvalue weighted by molar-refractivity contribution is 7.13. The molecule has 2 bridgehead atoms. The van der Waals surface area contributed by atoms with Crippen molar-refractivity contribution in [3.63, 3.8) is 0 Å². The highest BCUT2D eigenvalue weighted by Crippen LogP contribution is 2.40. The van der Waals surface area contributed by atoms with E-state index in [1.54, 1.807) is 6.20 Å². The van der Waals surface area contributed by atoms with Crippen LogP contribution in [0.25, 0.3) is 10.8 Å². The van der Waals surface area contributed by atoms with Gasteiger partial charge in [-0.1, -0.05) is 17.7 Å². The van der Waals surface area contributed by atoms with Crippen molar-refractivity contribution in [2.24, 2.45) is 0 Å². The second kappa shape index (κ2) is 7.03. The van der Waals surface area contributed by atoms with Crippen LogP contribution in [0, 0.1) is 0 Å². The molecule has 2 aliphatic heterocycles. The lowest BCUT2D eigenvalue weighted by Crippen LogP contribution is -2.56. The van der Waals surface area contributed by atoms with Gasteiger partial charge in [0.25, 0.3) is 5.91 Å². The SMILES string of the molecule is O=C(c1cccc(C(F)(F)F)c1Cl)N1C2COCC1c1nnc(-c3nccs3)n1C2. The van der Waals surface area contributed by atoms with Crippen LogP contribution in [0.5, 0.6) is 0 Å². The summed E-state index contributed by atoms with van der Waals surface area (Å²) in [5.41, 5.74) is -1.24. The van der Waals surface area contributed by atoms with Crippen LogP contribution in [-0.4, -0.2) is 49.8 Å². The molecule has 2 atom stereocenters. The van der Waals surface area contributed by atoms with Crippen LogP contribution >= 0.6 is 22.9 Å². The van der Waals surface area contributed by atoms with Crippen LogP contribution in [0.3, 0.4) is 0 Å². The molecule has 1 aromatic carbocycles. The second-order valence-electron chi connectivity index (χ2n) is 6.91. The van der Waals surface area contributed by atoms with Crippen LogP contribution in [-0.2, 0) is 17.5 Å². The van der Waals surface area contributed by atoms with E-state index in [0.717, 1.165) is 6.07 Å². The van der Waals surface area contributed by atoms with Crippen LogP contribution in [0.4, 0.5) is 13.2 Å². The quantitative estimate of drug-likeness (QED) is 0.589. The molecule has 0 aliphatic carbocycles. The number of thiazole rings is 1. The van der Waals surface area contributed by atoms with Crippen molar-refractivity contribution >= 4 is 28.8 Å². The molecule has 4 heterocycles. The van der Waals surface area contributed by atoms with Gasteiger partial charge in [-0.15, -0.1) is 21.5 Å². The number of halogens is 4. The van der Waals surface area contributed by atoms with Crippen LogP contribution in [0.15, 0.2) is 29.8 Å². The van der Waals surface area contributed by atoms with Crippen molar-refractivity contribution in [1.29, 1.82) is 0 Å². The van der Waals surface area contributed by atoms with E-state index in [0.29, 0.717) is 23.2 Å². The third-order valence-electron chi connectivity index (χ3n) is 5.18. The number of hydrogen-bond acceptors (Lipinski definition) is 6. The number of carbonyl (C=O) groups excluding carboxylic acids is 1. The first-order valence-electron chi connectivity index (χ1n) is 8.95. The second-order valence-corrected chi connectivity index (χ2v) is 8.19. The Morgan fingerprint density at radius 1 is 1.27 bits per heavy atom. The number of alkyl halides is 3. The zero-order valence-electron chi connectivity index (χ0n) is 15.1. The molecule has 7 nitrogen and oxygen atoms in total. The zero-order valence-corrected chi connectivity index (χ0v) is 16.7. The Morgan fingerprint density at radius 3 is 2.83 bits per heavy atom. The Kier molecular flexibility index (Phi) is 4.56. The van der Waals surface area contributed by atoms with Gasteiger partial charge >= 0.3 is 6.18 Å². The number of amides is 1. The molecule has 1 fully saturated rings. The largest absolute Gasteiger partial charge is 0.417 e. The van der Waals surface area contributed by atoms with Gasteiger partial charge in [-0.2, -0.15) is 13.2 Å². The number of benzene rings is 1. The van der Waals surface area contributed by atoms with E-state index < -0.39 is 34.8 Å². The van der Waals surface area contributed by atoms with E-state index in [4.69, 9.17) is 16.3 Å². The van der Waals surface area contributed by atoms with Gasteiger partial charge in [0.1, 0.15) is 6.04 Å². The van der Waals surface area contributed by atoms with Crippen LogP contribution < -0.4 is 0 Å². The molecular weight excluding hydrogens is 443 g/mol. The lowest BCUT2D eigenvalue weighted by molar-refractivity contribution is -0.137. The number of nitrogens with zero attached hydrogens (tertiary/aromatic N) is 5. The van der Waals surface area contributed by atoms with E-state index in [1.165, 1.54) is 28.4 Å². The summed E-state index contributed by atoms with van der Waals surface area (Å²) in [6.45, 7) is 0.749. The van der Waals surface area contributed by atoms with Gasteiger partial charge in [-0.25, -0.2) is 4.98 Å². The number of aromatic nitrogens is 4. The third-order valence-corrected chi connectivity index (χ3v) is 6.35. The molecule has 0 spiro atoms. The molecule has 156 valence electrons. The first-order valence-corrected chi connectivity index (χ1v) is 10.2. The Bertz CT molecular complexity index is 1120. The van der Waals surface area contributed by atoms with Gasteiger partial charge in [-0.3, -0.25) is 4.79 Å². The summed E-state index contributed by atoms with van der Waals surface area (Å²) in [5.74, 6) is 0.517. The van der Waals surface area contributed by atoms with Crippen molar-refractivity contribution in [3.05, 3.63) is 51.7 Å². The molecule has 12 heteroatoms. The molecule has 0 radical (unpaired) electrons. The number of ether oxygens (including phenoxy) is 1. The van der Waals surface area contributed by atoms with Gasteiger partial charge in [0.2, 0.25) is 0 Å². The highest BCUT2D eigenvalue weighted by Gasteiger charge is 2.45. The van der Waals surface area contributed by atoms with Crippen molar-refractivity contribution < 1.29 is 22.7 Å². The summed E-state index contributed by atoms with van der Waals surface area (Å²) in [7, 11) is 0. The minimum Gasteiger partial charge on any atom is -0.377 e. The lowest BCUT2D eigenvalue weighted by Gasteiger charge is -2.45. The monoisotopic (exact) mass is 455 g/mol. The molecule has 1 saturated heterocycles. The molecule has 3 aromatic rings. The summed E-state index contributed by atoms with van der Waals surface area (Å²) >= 11 is 7.42. The lowest BCUT2D eigenvalue weighted by atomic mass is 10.0.